The number of rotatable bonds is 3. The molecule has 2 N–H and O–H groups in total. The summed E-state index contributed by atoms with van der Waals surface area (Å²) in [4.78, 5) is 18.4. The first-order valence-electron chi connectivity index (χ1n) is 6.97. The van der Waals surface area contributed by atoms with Crippen LogP contribution in [0.25, 0.3) is 10.2 Å². The minimum Gasteiger partial charge on any atom is -0.497 e. The van der Waals surface area contributed by atoms with Crippen molar-refractivity contribution in [2.75, 3.05) is 12.8 Å². The summed E-state index contributed by atoms with van der Waals surface area (Å²) in [7, 11) is 1.58. The van der Waals surface area contributed by atoms with Crippen LogP contribution in [0.1, 0.15) is 26.5 Å². The molecule has 0 fully saturated rings. The van der Waals surface area contributed by atoms with Gasteiger partial charge in [0, 0.05) is 10.9 Å². The van der Waals surface area contributed by atoms with Crippen molar-refractivity contribution in [3.05, 3.63) is 51.0 Å². The fourth-order valence-electron chi connectivity index (χ4n) is 2.50. The smallest absolute Gasteiger partial charge is 0.205 e. The molecular formula is C17H15ClN2O2S. The number of carbonyl (C=O) groups is 1. The van der Waals surface area contributed by atoms with Crippen molar-refractivity contribution in [1.82, 2.24) is 4.98 Å². The Balaban J connectivity index is 2.14. The molecule has 2 aromatic heterocycles. The maximum absolute atomic E-state index is 12.7. The topological polar surface area (TPSA) is 65.2 Å². The van der Waals surface area contributed by atoms with E-state index >= 15 is 0 Å². The first-order valence-corrected chi connectivity index (χ1v) is 8.17. The van der Waals surface area contributed by atoms with E-state index in [0.717, 1.165) is 21.5 Å². The standard InChI is InChI=1S/C17H15ClN2O2S/c1-8-12-14(19)16(23-17(12)20-9(2)13(8)18)15(21)10-4-6-11(22-3)7-5-10/h4-7H,19H2,1-3H3. The highest BCUT2D eigenvalue weighted by atomic mass is 35.5. The van der Waals surface area contributed by atoms with E-state index in [1.165, 1.54) is 11.3 Å². The second-order valence-electron chi connectivity index (χ2n) is 5.22. The number of aromatic nitrogens is 1. The molecule has 0 radical (unpaired) electrons. The number of anilines is 1. The molecule has 0 amide bonds. The molecule has 4 nitrogen and oxygen atoms in total. The van der Waals surface area contributed by atoms with Crippen molar-refractivity contribution in [1.29, 1.82) is 0 Å². The van der Waals surface area contributed by atoms with Crippen molar-refractivity contribution >= 4 is 44.6 Å². The first-order chi connectivity index (χ1) is 10.9. The Hall–Kier alpha value is -2.11. The third kappa shape index (κ3) is 2.56. The molecule has 0 bridgehead atoms. The molecule has 0 spiro atoms. The van der Waals surface area contributed by atoms with Crippen LogP contribution in [-0.4, -0.2) is 17.9 Å². The maximum Gasteiger partial charge on any atom is 0.205 e. The number of fused-ring (bicyclic) bond motifs is 1. The normalized spacial score (nSPS) is 11.0. The second kappa shape index (κ2) is 5.83. The van der Waals surface area contributed by atoms with Crippen LogP contribution < -0.4 is 10.5 Å². The van der Waals surface area contributed by atoms with E-state index in [-0.39, 0.29) is 5.78 Å². The molecule has 0 saturated heterocycles. The van der Waals surface area contributed by atoms with Gasteiger partial charge in [0.15, 0.2) is 0 Å². The van der Waals surface area contributed by atoms with E-state index in [9.17, 15) is 4.79 Å². The zero-order valence-electron chi connectivity index (χ0n) is 12.9. The number of thiophene rings is 1. The van der Waals surface area contributed by atoms with Crippen LogP contribution in [0.5, 0.6) is 5.75 Å². The van der Waals surface area contributed by atoms with Crippen LogP contribution in [0, 0.1) is 13.8 Å². The average Bonchev–Trinajstić information content (AvgIpc) is 2.88. The van der Waals surface area contributed by atoms with Gasteiger partial charge in [-0.15, -0.1) is 11.3 Å². The molecule has 1 aromatic carbocycles. The summed E-state index contributed by atoms with van der Waals surface area (Å²) in [6, 6.07) is 6.95. The molecule has 0 aliphatic heterocycles. The number of hydrogen-bond acceptors (Lipinski definition) is 5. The van der Waals surface area contributed by atoms with Crippen molar-refractivity contribution in [2.45, 2.75) is 13.8 Å². The van der Waals surface area contributed by atoms with Gasteiger partial charge in [0.25, 0.3) is 0 Å². The maximum atomic E-state index is 12.7. The quantitative estimate of drug-likeness (QED) is 0.714. The monoisotopic (exact) mass is 346 g/mol. The molecule has 23 heavy (non-hydrogen) atoms. The lowest BCUT2D eigenvalue weighted by molar-refractivity contribution is 0.104. The van der Waals surface area contributed by atoms with E-state index in [0.29, 0.717) is 26.9 Å². The number of ketones is 1. The number of ether oxygens (including phenoxy) is 1. The lowest BCUT2D eigenvalue weighted by Gasteiger charge is -2.04. The number of carbonyl (C=O) groups excluding carboxylic acids is 1. The van der Waals surface area contributed by atoms with Gasteiger partial charge in [-0.05, 0) is 43.7 Å². The van der Waals surface area contributed by atoms with Crippen molar-refractivity contribution < 1.29 is 9.53 Å². The van der Waals surface area contributed by atoms with Gasteiger partial charge in [-0.25, -0.2) is 4.98 Å². The molecule has 3 rings (SSSR count). The molecule has 6 heteroatoms. The highest BCUT2D eigenvalue weighted by Crippen LogP contribution is 2.39. The number of pyridine rings is 1. The average molecular weight is 347 g/mol. The fourth-order valence-corrected chi connectivity index (χ4v) is 3.80. The van der Waals surface area contributed by atoms with Crippen molar-refractivity contribution in [3.8, 4) is 5.75 Å². The summed E-state index contributed by atoms with van der Waals surface area (Å²) < 4.78 is 5.11. The number of nitrogens with zero attached hydrogens (tertiary/aromatic N) is 1. The minimum atomic E-state index is -0.124. The second-order valence-corrected chi connectivity index (χ2v) is 6.60. The lowest BCUT2D eigenvalue weighted by atomic mass is 10.1. The number of aryl methyl sites for hydroxylation is 2. The molecule has 2 heterocycles. The van der Waals surface area contributed by atoms with Crippen molar-refractivity contribution in [2.24, 2.45) is 0 Å². The van der Waals surface area contributed by atoms with Gasteiger partial charge < -0.3 is 10.5 Å². The Kier molecular flexibility index (Phi) is 4.00. The van der Waals surface area contributed by atoms with Gasteiger partial charge in [0.1, 0.15) is 15.5 Å². The Bertz CT molecular complexity index is 917. The number of hydrogen-bond donors (Lipinski definition) is 1. The summed E-state index contributed by atoms with van der Waals surface area (Å²) in [6.45, 7) is 3.74. The summed E-state index contributed by atoms with van der Waals surface area (Å²) in [5.74, 6) is 0.576. The molecule has 3 aromatic rings. The minimum absolute atomic E-state index is 0.124. The van der Waals surface area contributed by atoms with E-state index in [4.69, 9.17) is 22.1 Å². The summed E-state index contributed by atoms with van der Waals surface area (Å²) in [5.41, 5.74) is 8.82. The van der Waals surface area contributed by atoms with Crippen LogP contribution >= 0.6 is 22.9 Å². The van der Waals surface area contributed by atoms with Gasteiger partial charge in [0.05, 0.1) is 23.5 Å². The summed E-state index contributed by atoms with van der Waals surface area (Å²) in [6.07, 6.45) is 0. The number of methoxy groups -OCH3 is 1. The fraction of sp³-hybridized carbons (Fsp3) is 0.176. The van der Waals surface area contributed by atoms with E-state index in [1.807, 2.05) is 13.8 Å². The number of nitrogens with two attached hydrogens (primary N) is 1. The molecule has 0 aliphatic rings. The largest absolute Gasteiger partial charge is 0.497 e. The van der Waals surface area contributed by atoms with Crippen LogP contribution in [0.3, 0.4) is 0 Å². The third-order valence-corrected chi connectivity index (χ3v) is 5.43. The third-order valence-electron chi connectivity index (χ3n) is 3.78. The highest BCUT2D eigenvalue weighted by molar-refractivity contribution is 7.21. The van der Waals surface area contributed by atoms with Crippen LogP contribution in [0.4, 0.5) is 5.69 Å². The molecule has 0 saturated carbocycles. The van der Waals surface area contributed by atoms with Gasteiger partial charge in [0.2, 0.25) is 5.78 Å². The number of nitrogen functional groups attached to an aromatic ring is 1. The highest BCUT2D eigenvalue weighted by Gasteiger charge is 2.21. The predicted octanol–water partition coefficient (Wildman–Crippen LogP) is 4.39. The SMILES string of the molecule is COc1ccc(C(=O)c2sc3nc(C)c(Cl)c(C)c3c2N)cc1. The molecule has 118 valence electrons. The molecular weight excluding hydrogens is 332 g/mol. The number of benzene rings is 1. The van der Waals surface area contributed by atoms with Gasteiger partial charge in [-0.1, -0.05) is 11.6 Å². The Morgan fingerprint density at radius 2 is 1.91 bits per heavy atom. The Labute approximate surface area is 142 Å². The van der Waals surface area contributed by atoms with Gasteiger partial charge in [-0.3, -0.25) is 4.79 Å². The first kappa shape index (κ1) is 15.8. The summed E-state index contributed by atoms with van der Waals surface area (Å²) >= 11 is 7.55. The molecule has 0 unspecified atom stereocenters. The summed E-state index contributed by atoms with van der Waals surface area (Å²) in [5, 5.41) is 1.35. The zero-order chi connectivity index (χ0) is 16.7. The van der Waals surface area contributed by atoms with E-state index in [1.54, 1.807) is 31.4 Å². The van der Waals surface area contributed by atoms with Gasteiger partial charge >= 0.3 is 0 Å². The molecule has 0 aliphatic carbocycles. The predicted molar refractivity (Wildman–Crippen MR) is 94.9 cm³/mol. The van der Waals surface area contributed by atoms with E-state index in [2.05, 4.69) is 4.98 Å². The lowest BCUT2D eigenvalue weighted by Crippen LogP contribution is -2.02. The Morgan fingerprint density at radius 3 is 2.52 bits per heavy atom. The van der Waals surface area contributed by atoms with Crippen LogP contribution in [0.2, 0.25) is 5.02 Å². The van der Waals surface area contributed by atoms with E-state index < -0.39 is 0 Å². The van der Waals surface area contributed by atoms with Crippen LogP contribution in [-0.2, 0) is 0 Å². The van der Waals surface area contributed by atoms with Crippen molar-refractivity contribution in [3.63, 3.8) is 0 Å². The van der Waals surface area contributed by atoms with Gasteiger partial charge in [-0.2, -0.15) is 0 Å². The molecule has 0 atom stereocenters. The Morgan fingerprint density at radius 1 is 1.26 bits per heavy atom. The zero-order valence-corrected chi connectivity index (χ0v) is 14.5. The van der Waals surface area contributed by atoms with Crippen LogP contribution in [0.15, 0.2) is 24.3 Å². The number of halogens is 1.